The first-order chi connectivity index (χ1) is 18.2. The molecule has 38 heavy (non-hydrogen) atoms. The van der Waals surface area contributed by atoms with Crippen molar-refractivity contribution < 1.29 is 14.7 Å². The van der Waals surface area contributed by atoms with Crippen LogP contribution in [0.5, 0.6) is 5.88 Å². The molecule has 9 heteroatoms. The zero-order valence-corrected chi connectivity index (χ0v) is 22.6. The van der Waals surface area contributed by atoms with Crippen LogP contribution in [0.1, 0.15) is 51.0 Å². The van der Waals surface area contributed by atoms with E-state index >= 15 is 0 Å². The summed E-state index contributed by atoms with van der Waals surface area (Å²) >= 11 is 6.60. The van der Waals surface area contributed by atoms with Crippen molar-refractivity contribution >= 4 is 46.1 Å². The maximum atomic E-state index is 13.2. The summed E-state index contributed by atoms with van der Waals surface area (Å²) in [7, 11) is 0. The van der Waals surface area contributed by atoms with Crippen LogP contribution in [-0.2, 0) is 11.3 Å². The quantitative estimate of drug-likeness (QED) is 0.243. The Morgan fingerprint density at radius 2 is 1.79 bits per heavy atom. The van der Waals surface area contributed by atoms with Crippen molar-refractivity contribution in [1.82, 2.24) is 9.47 Å². The minimum atomic E-state index is -0.651. The number of amides is 1. The molecular weight excluding hydrogens is 518 g/mol. The molecule has 0 radical (unpaired) electrons. The minimum absolute atomic E-state index is 0.00318. The molecule has 0 spiro atoms. The number of aromatic nitrogens is 1. The second-order valence-electron chi connectivity index (χ2n) is 8.96. The van der Waals surface area contributed by atoms with Gasteiger partial charge in [0, 0.05) is 13.0 Å². The molecule has 0 atom stereocenters. The van der Waals surface area contributed by atoms with E-state index in [0.29, 0.717) is 15.6 Å². The standard InChI is InChI=1S/C29H25N3O4S2/c1-18-10-12-21(13-11-18)17-32-26(34)22(16-30)19(2)25(28(32)36)23(33)9-6-14-31-27(35)24(38-29(31)37)15-20-7-4-3-5-8-20/h3-5,7-8,10-13,15,36H,6,9,14,17H2,1-2H3/b24-15-. The number of carbonyl (C=O) groups is 2. The molecular formula is C29H25N3O4S2. The van der Waals surface area contributed by atoms with E-state index in [9.17, 15) is 24.8 Å². The molecule has 7 nitrogen and oxygen atoms in total. The first-order valence-corrected chi connectivity index (χ1v) is 13.2. The van der Waals surface area contributed by atoms with Gasteiger partial charge in [-0.3, -0.25) is 23.9 Å². The van der Waals surface area contributed by atoms with Gasteiger partial charge in [-0.25, -0.2) is 0 Å². The minimum Gasteiger partial charge on any atom is -0.494 e. The van der Waals surface area contributed by atoms with Crippen LogP contribution in [0.4, 0.5) is 0 Å². The van der Waals surface area contributed by atoms with Gasteiger partial charge < -0.3 is 5.11 Å². The lowest BCUT2D eigenvalue weighted by Gasteiger charge is -2.17. The molecule has 1 aliphatic rings. The monoisotopic (exact) mass is 543 g/mol. The number of hydrogen-bond donors (Lipinski definition) is 1. The highest BCUT2D eigenvalue weighted by molar-refractivity contribution is 8.26. The number of Topliss-reactive ketones (excluding diaryl/α,β-unsaturated/α-hetero) is 1. The van der Waals surface area contributed by atoms with Crippen LogP contribution in [0.3, 0.4) is 0 Å². The van der Waals surface area contributed by atoms with E-state index in [-0.39, 0.29) is 42.1 Å². The van der Waals surface area contributed by atoms with Crippen molar-refractivity contribution in [2.75, 3.05) is 6.54 Å². The third kappa shape index (κ3) is 5.62. The lowest BCUT2D eigenvalue weighted by molar-refractivity contribution is -0.122. The summed E-state index contributed by atoms with van der Waals surface area (Å²) in [5.74, 6) is -1.10. The zero-order chi connectivity index (χ0) is 27.4. The highest BCUT2D eigenvalue weighted by Crippen LogP contribution is 2.33. The molecule has 0 unspecified atom stereocenters. The number of nitrogens with zero attached hydrogens (tertiary/aromatic N) is 3. The van der Waals surface area contributed by atoms with E-state index in [4.69, 9.17) is 12.2 Å². The van der Waals surface area contributed by atoms with E-state index in [2.05, 4.69) is 0 Å². The highest BCUT2D eigenvalue weighted by Gasteiger charge is 2.32. The molecule has 0 aliphatic carbocycles. The van der Waals surface area contributed by atoms with E-state index in [1.54, 1.807) is 6.08 Å². The predicted molar refractivity (Wildman–Crippen MR) is 152 cm³/mol. The Hall–Kier alpha value is -4.00. The first kappa shape index (κ1) is 27.0. The number of hydrogen-bond acceptors (Lipinski definition) is 7. The molecule has 1 amide bonds. The number of benzene rings is 2. The smallest absolute Gasteiger partial charge is 0.271 e. The summed E-state index contributed by atoms with van der Waals surface area (Å²) in [6.45, 7) is 3.67. The molecule has 0 bridgehead atoms. The second-order valence-corrected chi connectivity index (χ2v) is 10.6. The number of nitriles is 1. The fourth-order valence-corrected chi connectivity index (χ4v) is 5.53. The number of thioether (sulfide) groups is 1. The largest absolute Gasteiger partial charge is 0.494 e. The van der Waals surface area contributed by atoms with Crippen molar-refractivity contribution in [2.24, 2.45) is 0 Å². The van der Waals surface area contributed by atoms with E-state index in [1.165, 1.54) is 23.6 Å². The van der Waals surface area contributed by atoms with Crippen molar-refractivity contribution in [3.8, 4) is 11.9 Å². The van der Waals surface area contributed by atoms with Gasteiger partial charge in [0.2, 0.25) is 5.88 Å². The van der Waals surface area contributed by atoms with Crippen molar-refractivity contribution in [3.05, 3.63) is 103 Å². The van der Waals surface area contributed by atoms with Gasteiger partial charge in [0.15, 0.2) is 5.78 Å². The molecule has 4 rings (SSSR count). The lowest BCUT2D eigenvalue weighted by Crippen LogP contribution is -2.30. The Kier molecular flexibility index (Phi) is 8.25. The van der Waals surface area contributed by atoms with Gasteiger partial charge in [-0.15, -0.1) is 0 Å². The average molecular weight is 544 g/mol. The topological polar surface area (TPSA) is 103 Å². The molecule has 0 saturated carbocycles. The summed E-state index contributed by atoms with van der Waals surface area (Å²) < 4.78 is 1.47. The Labute approximate surface area is 230 Å². The summed E-state index contributed by atoms with van der Waals surface area (Å²) in [6, 6.07) is 18.8. The SMILES string of the molecule is Cc1ccc(Cn2c(O)c(C(=O)CCCN3C(=O)/C(=C/c4ccccc4)SC3=S)c(C)c(C#N)c2=O)cc1. The zero-order valence-electron chi connectivity index (χ0n) is 20.9. The lowest BCUT2D eigenvalue weighted by atomic mass is 9.98. The van der Waals surface area contributed by atoms with Gasteiger partial charge >= 0.3 is 0 Å². The number of thiocarbonyl (C=S) groups is 1. The number of aromatic hydroxyl groups is 1. The van der Waals surface area contributed by atoms with Crippen LogP contribution in [-0.4, -0.2) is 37.1 Å². The molecule has 2 heterocycles. The molecule has 2 aromatic carbocycles. The molecule has 192 valence electrons. The Morgan fingerprint density at radius 1 is 1.11 bits per heavy atom. The fraction of sp³-hybridized carbons (Fsp3) is 0.207. The molecule has 1 fully saturated rings. The van der Waals surface area contributed by atoms with Gasteiger partial charge in [0.25, 0.3) is 11.5 Å². The number of rotatable bonds is 8. The molecule has 1 N–H and O–H groups in total. The van der Waals surface area contributed by atoms with Crippen LogP contribution in [0.25, 0.3) is 6.08 Å². The summed E-state index contributed by atoms with van der Waals surface area (Å²) in [4.78, 5) is 41.0. The summed E-state index contributed by atoms with van der Waals surface area (Å²) in [6.07, 6.45) is 2.07. The van der Waals surface area contributed by atoms with Gasteiger partial charge in [0.05, 0.1) is 17.0 Å². The fourth-order valence-electron chi connectivity index (χ4n) is 4.22. The first-order valence-electron chi connectivity index (χ1n) is 12.0. The Bertz CT molecular complexity index is 1550. The number of ketones is 1. The third-order valence-electron chi connectivity index (χ3n) is 6.30. The van der Waals surface area contributed by atoms with Gasteiger partial charge in [0.1, 0.15) is 16.0 Å². The Morgan fingerprint density at radius 3 is 2.45 bits per heavy atom. The maximum Gasteiger partial charge on any atom is 0.271 e. The van der Waals surface area contributed by atoms with E-state index in [0.717, 1.165) is 21.3 Å². The average Bonchev–Trinajstić information content (AvgIpc) is 3.16. The van der Waals surface area contributed by atoms with Crippen molar-refractivity contribution in [3.63, 3.8) is 0 Å². The van der Waals surface area contributed by atoms with Gasteiger partial charge in [-0.1, -0.05) is 84.1 Å². The second kappa shape index (κ2) is 11.6. The number of aryl methyl sites for hydroxylation is 1. The number of pyridine rings is 1. The Balaban J connectivity index is 1.51. The van der Waals surface area contributed by atoms with Crippen LogP contribution < -0.4 is 5.56 Å². The van der Waals surface area contributed by atoms with Crippen LogP contribution in [0.15, 0.2) is 64.3 Å². The number of carbonyl (C=O) groups excluding carboxylic acids is 2. The van der Waals surface area contributed by atoms with Crippen LogP contribution in [0, 0.1) is 25.2 Å². The van der Waals surface area contributed by atoms with Crippen LogP contribution in [0.2, 0.25) is 0 Å². The molecule has 3 aromatic rings. The summed E-state index contributed by atoms with van der Waals surface area (Å²) in [5.41, 5.74) is 1.95. The van der Waals surface area contributed by atoms with Gasteiger partial charge in [-0.05, 0) is 43.0 Å². The highest BCUT2D eigenvalue weighted by atomic mass is 32.2. The third-order valence-corrected chi connectivity index (χ3v) is 7.67. The summed E-state index contributed by atoms with van der Waals surface area (Å²) in [5, 5.41) is 20.6. The van der Waals surface area contributed by atoms with Crippen LogP contribution >= 0.6 is 24.0 Å². The van der Waals surface area contributed by atoms with E-state index < -0.39 is 17.2 Å². The molecule has 1 aromatic heterocycles. The van der Waals surface area contributed by atoms with Crippen molar-refractivity contribution in [1.29, 1.82) is 5.26 Å². The molecule has 1 aliphatic heterocycles. The van der Waals surface area contributed by atoms with E-state index in [1.807, 2.05) is 67.6 Å². The van der Waals surface area contributed by atoms with Crippen molar-refractivity contribution in [2.45, 2.75) is 33.2 Å². The predicted octanol–water partition coefficient (Wildman–Crippen LogP) is 4.96. The maximum absolute atomic E-state index is 13.2. The normalized spacial score (nSPS) is 14.2. The van der Waals surface area contributed by atoms with Gasteiger partial charge in [-0.2, -0.15) is 5.26 Å². The molecule has 1 saturated heterocycles.